The maximum Gasteiger partial charge on any atom is 0.161 e. The Morgan fingerprint density at radius 1 is 1.11 bits per heavy atom. The van der Waals surface area contributed by atoms with Crippen LogP contribution in [0, 0.1) is 24.4 Å². The zero-order valence-electron chi connectivity index (χ0n) is 10.7. The molecule has 1 aromatic carbocycles. The summed E-state index contributed by atoms with van der Waals surface area (Å²) in [6, 6.07) is 3.19. The molecule has 1 heterocycles. The molecule has 0 unspecified atom stereocenters. The lowest BCUT2D eigenvalue weighted by Crippen LogP contribution is -2.09. The SMILES string of the molecule is CCn1nc(C)cc1CNc1cc(F)c(F)cc1F. The van der Waals surface area contributed by atoms with Crippen molar-refractivity contribution in [3.8, 4) is 0 Å². The second-order valence-electron chi connectivity index (χ2n) is 4.19. The molecule has 102 valence electrons. The molecular weight excluding hydrogens is 255 g/mol. The van der Waals surface area contributed by atoms with E-state index in [0.717, 1.165) is 17.5 Å². The van der Waals surface area contributed by atoms with Crippen LogP contribution >= 0.6 is 0 Å². The first-order valence-electron chi connectivity index (χ1n) is 5.93. The van der Waals surface area contributed by atoms with Crippen LogP contribution < -0.4 is 5.32 Å². The highest BCUT2D eigenvalue weighted by molar-refractivity contribution is 5.45. The molecule has 0 saturated heterocycles. The largest absolute Gasteiger partial charge is 0.377 e. The fraction of sp³-hybridized carbons (Fsp3) is 0.308. The predicted octanol–water partition coefficient (Wildman–Crippen LogP) is 3.24. The summed E-state index contributed by atoms with van der Waals surface area (Å²) in [5.41, 5.74) is 1.63. The van der Waals surface area contributed by atoms with E-state index in [9.17, 15) is 13.2 Å². The van der Waals surface area contributed by atoms with Gasteiger partial charge in [-0.2, -0.15) is 5.10 Å². The van der Waals surface area contributed by atoms with Gasteiger partial charge in [-0.1, -0.05) is 0 Å². The summed E-state index contributed by atoms with van der Waals surface area (Å²) >= 11 is 0. The van der Waals surface area contributed by atoms with Crippen LogP contribution in [0.5, 0.6) is 0 Å². The highest BCUT2D eigenvalue weighted by Gasteiger charge is 2.10. The minimum atomic E-state index is -1.20. The summed E-state index contributed by atoms with van der Waals surface area (Å²) in [6.45, 7) is 4.77. The molecule has 0 spiro atoms. The number of halogens is 3. The van der Waals surface area contributed by atoms with Gasteiger partial charge in [0.05, 0.1) is 23.6 Å². The molecule has 1 N–H and O–H groups in total. The van der Waals surface area contributed by atoms with E-state index in [1.807, 2.05) is 19.9 Å². The molecule has 1 aromatic heterocycles. The number of aryl methyl sites for hydroxylation is 2. The van der Waals surface area contributed by atoms with Crippen LogP contribution in [0.4, 0.5) is 18.9 Å². The summed E-state index contributed by atoms with van der Waals surface area (Å²) < 4.78 is 41.0. The van der Waals surface area contributed by atoms with Gasteiger partial charge < -0.3 is 5.32 Å². The highest BCUT2D eigenvalue weighted by Crippen LogP contribution is 2.19. The molecule has 2 aromatic rings. The summed E-state index contributed by atoms with van der Waals surface area (Å²) in [6.07, 6.45) is 0. The van der Waals surface area contributed by atoms with E-state index < -0.39 is 17.5 Å². The monoisotopic (exact) mass is 269 g/mol. The Hall–Kier alpha value is -1.98. The number of aromatic nitrogens is 2. The van der Waals surface area contributed by atoms with E-state index in [1.54, 1.807) is 4.68 Å². The maximum absolute atomic E-state index is 13.4. The van der Waals surface area contributed by atoms with Crippen LogP contribution in [0.3, 0.4) is 0 Å². The van der Waals surface area contributed by atoms with Gasteiger partial charge in [-0.05, 0) is 19.9 Å². The van der Waals surface area contributed by atoms with Crippen molar-refractivity contribution >= 4 is 5.69 Å². The second-order valence-corrected chi connectivity index (χ2v) is 4.19. The van der Waals surface area contributed by atoms with Gasteiger partial charge in [0.15, 0.2) is 11.6 Å². The van der Waals surface area contributed by atoms with Crippen molar-refractivity contribution in [3.05, 3.63) is 47.0 Å². The minimum absolute atomic E-state index is 0.0691. The lowest BCUT2D eigenvalue weighted by Gasteiger charge is -2.09. The molecule has 2 rings (SSSR count). The fourth-order valence-electron chi connectivity index (χ4n) is 1.86. The van der Waals surface area contributed by atoms with Gasteiger partial charge in [0, 0.05) is 18.7 Å². The number of rotatable bonds is 4. The molecular formula is C13H14F3N3. The third-order valence-corrected chi connectivity index (χ3v) is 2.75. The van der Waals surface area contributed by atoms with Crippen LogP contribution in [-0.2, 0) is 13.1 Å². The van der Waals surface area contributed by atoms with Gasteiger partial charge in [-0.3, -0.25) is 4.68 Å². The lowest BCUT2D eigenvalue weighted by atomic mass is 10.2. The van der Waals surface area contributed by atoms with Crippen molar-refractivity contribution in [2.45, 2.75) is 26.9 Å². The van der Waals surface area contributed by atoms with E-state index >= 15 is 0 Å². The molecule has 0 aliphatic carbocycles. The molecule has 3 nitrogen and oxygen atoms in total. The van der Waals surface area contributed by atoms with E-state index in [1.165, 1.54) is 0 Å². The van der Waals surface area contributed by atoms with Gasteiger partial charge in [-0.15, -0.1) is 0 Å². The summed E-state index contributed by atoms with van der Waals surface area (Å²) in [5, 5.41) is 6.99. The van der Waals surface area contributed by atoms with E-state index in [2.05, 4.69) is 10.4 Å². The maximum atomic E-state index is 13.4. The number of anilines is 1. The Kier molecular flexibility index (Phi) is 3.78. The van der Waals surface area contributed by atoms with Gasteiger partial charge in [0.1, 0.15) is 5.82 Å². The molecule has 0 radical (unpaired) electrons. The third kappa shape index (κ3) is 2.89. The average molecular weight is 269 g/mol. The predicted molar refractivity (Wildman–Crippen MR) is 66.3 cm³/mol. The van der Waals surface area contributed by atoms with Crippen molar-refractivity contribution in [3.63, 3.8) is 0 Å². The second kappa shape index (κ2) is 5.34. The molecule has 0 fully saturated rings. The number of nitrogens with zero attached hydrogens (tertiary/aromatic N) is 2. The van der Waals surface area contributed by atoms with Crippen LogP contribution in [0.1, 0.15) is 18.3 Å². The Labute approximate surface area is 109 Å². The van der Waals surface area contributed by atoms with Crippen LogP contribution in [0.15, 0.2) is 18.2 Å². The van der Waals surface area contributed by atoms with Crippen molar-refractivity contribution in [2.24, 2.45) is 0 Å². The molecule has 0 saturated carbocycles. The first-order chi connectivity index (χ1) is 9.01. The Balaban J connectivity index is 2.16. The van der Waals surface area contributed by atoms with E-state index in [4.69, 9.17) is 0 Å². The molecule has 0 bridgehead atoms. The quantitative estimate of drug-likeness (QED) is 0.863. The first kappa shape index (κ1) is 13.5. The van der Waals surface area contributed by atoms with Gasteiger partial charge >= 0.3 is 0 Å². The van der Waals surface area contributed by atoms with Crippen LogP contribution in [0.2, 0.25) is 0 Å². The van der Waals surface area contributed by atoms with Crippen molar-refractivity contribution in [1.29, 1.82) is 0 Å². The van der Waals surface area contributed by atoms with E-state index in [0.29, 0.717) is 12.6 Å². The normalized spacial score (nSPS) is 10.8. The van der Waals surface area contributed by atoms with Crippen molar-refractivity contribution in [2.75, 3.05) is 5.32 Å². The molecule has 19 heavy (non-hydrogen) atoms. The highest BCUT2D eigenvalue weighted by atomic mass is 19.2. The molecule has 0 amide bonds. The Morgan fingerprint density at radius 3 is 2.47 bits per heavy atom. The number of hydrogen-bond acceptors (Lipinski definition) is 2. The number of benzene rings is 1. The lowest BCUT2D eigenvalue weighted by molar-refractivity contribution is 0.496. The summed E-state index contributed by atoms with van der Waals surface area (Å²) in [7, 11) is 0. The Bertz CT molecular complexity index is 593. The van der Waals surface area contributed by atoms with Gasteiger partial charge in [-0.25, -0.2) is 13.2 Å². The molecule has 6 heteroatoms. The fourth-order valence-corrected chi connectivity index (χ4v) is 1.86. The number of hydrogen-bond donors (Lipinski definition) is 1. The summed E-state index contributed by atoms with van der Waals surface area (Å²) in [4.78, 5) is 0. The zero-order valence-corrected chi connectivity index (χ0v) is 10.7. The average Bonchev–Trinajstić information content (AvgIpc) is 2.72. The smallest absolute Gasteiger partial charge is 0.161 e. The van der Waals surface area contributed by atoms with E-state index in [-0.39, 0.29) is 12.2 Å². The van der Waals surface area contributed by atoms with Crippen molar-refractivity contribution in [1.82, 2.24) is 9.78 Å². The van der Waals surface area contributed by atoms with Crippen molar-refractivity contribution < 1.29 is 13.2 Å². The molecule has 0 aliphatic rings. The minimum Gasteiger partial charge on any atom is -0.377 e. The summed E-state index contributed by atoms with van der Waals surface area (Å²) in [5.74, 6) is -3.10. The molecule has 0 atom stereocenters. The van der Waals surface area contributed by atoms with Crippen LogP contribution in [-0.4, -0.2) is 9.78 Å². The Morgan fingerprint density at radius 2 is 1.79 bits per heavy atom. The van der Waals surface area contributed by atoms with Crippen LogP contribution in [0.25, 0.3) is 0 Å². The topological polar surface area (TPSA) is 29.9 Å². The first-order valence-corrected chi connectivity index (χ1v) is 5.93. The van der Waals surface area contributed by atoms with Gasteiger partial charge in [0.2, 0.25) is 0 Å². The van der Waals surface area contributed by atoms with Gasteiger partial charge in [0.25, 0.3) is 0 Å². The zero-order chi connectivity index (χ0) is 14.0. The molecule has 0 aliphatic heterocycles. The number of nitrogens with one attached hydrogen (secondary N) is 1. The standard InChI is InChI=1S/C13H14F3N3/c1-3-19-9(4-8(2)18-19)7-17-13-6-11(15)10(14)5-12(13)16/h4-6,17H,3,7H2,1-2H3. The third-order valence-electron chi connectivity index (χ3n) is 2.75.